The van der Waals surface area contributed by atoms with Crippen molar-refractivity contribution in [2.45, 2.75) is 39.7 Å². The minimum absolute atomic E-state index is 0.0487. The Hall–Kier alpha value is -2.15. The van der Waals surface area contributed by atoms with Crippen molar-refractivity contribution in [3.05, 3.63) is 28.7 Å². The number of hydrogen-bond donors (Lipinski definition) is 2. The quantitative estimate of drug-likeness (QED) is 0.882. The second kappa shape index (κ2) is 6.74. The summed E-state index contributed by atoms with van der Waals surface area (Å²) in [7, 11) is 0. The number of halogens is 1. The van der Waals surface area contributed by atoms with E-state index in [1.807, 2.05) is 27.7 Å². The number of amides is 1. The third-order valence-electron chi connectivity index (χ3n) is 2.69. The number of nitrogens with zero attached hydrogens (tertiary/aromatic N) is 3. The van der Waals surface area contributed by atoms with Crippen LogP contribution in [0.15, 0.2) is 12.3 Å². The molecule has 2 rings (SSSR count). The molecule has 0 bridgehead atoms. The maximum Gasteiger partial charge on any atom is 0.259 e. The molecule has 2 aromatic rings. The van der Waals surface area contributed by atoms with E-state index >= 15 is 0 Å². The van der Waals surface area contributed by atoms with Gasteiger partial charge in [-0.15, -0.1) is 5.10 Å². The van der Waals surface area contributed by atoms with Crippen LogP contribution in [-0.2, 0) is 0 Å². The lowest BCUT2D eigenvalue weighted by Gasteiger charge is -2.10. The van der Waals surface area contributed by atoms with Gasteiger partial charge in [0.2, 0.25) is 11.8 Å². The Morgan fingerprint density at radius 3 is 2.64 bits per heavy atom. The van der Waals surface area contributed by atoms with Gasteiger partial charge in [-0.3, -0.25) is 15.2 Å². The Balaban J connectivity index is 2.10. The van der Waals surface area contributed by atoms with Gasteiger partial charge < -0.3 is 4.74 Å². The predicted molar refractivity (Wildman–Crippen MR) is 83.4 cm³/mol. The van der Waals surface area contributed by atoms with Crippen LogP contribution in [0.25, 0.3) is 0 Å². The number of aromatic amines is 1. The highest BCUT2D eigenvalue weighted by Gasteiger charge is 2.14. The lowest BCUT2D eigenvalue weighted by molar-refractivity contribution is 0.102. The number of rotatable bonds is 5. The van der Waals surface area contributed by atoms with Crippen LogP contribution in [0.2, 0.25) is 5.02 Å². The zero-order chi connectivity index (χ0) is 16.3. The standard InChI is InChI=1S/C14H18ClN5O2/c1-7(2)11-17-14(20-19-11)18-12(21)9-5-10(15)13(16-6-9)22-8(3)4/h5-8H,1-4H3,(H2,17,18,19,20,21). The van der Waals surface area contributed by atoms with Crippen LogP contribution in [0, 0.1) is 0 Å². The summed E-state index contributed by atoms with van der Waals surface area (Å²) in [6.45, 7) is 7.69. The molecule has 0 aromatic carbocycles. The minimum atomic E-state index is -0.389. The molecule has 0 fully saturated rings. The highest BCUT2D eigenvalue weighted by molar-refractivity contribution is 6.32. The van der Waals surface area contributed by atoms with Crippen molar-refractivity contribution in [2.75, 3.05) is 5.32 Å². The zero-order valence-electron chi connectivity index (χ0n) is 12.8. The highest BCUT2D eigenvalue weighted by Crippen LogP contribution is 2.23. The van der Waals surface area contributed by atoms with Gasteiger partial charge in [-0.2, -0.15) is 4.98 Å². The molecule has 22 heavy (non-hydrogen) atoms. The van der Waals surface area contributed by atoms with Gasteiger partial charge in [0.25, 0.3) is 5.91 Å². The summed E-state index contributed by atoms with van der Waals surface area (Å²) >= 11 is 6.06. The number of nitrogens with one attached hydrogen (secondary N) is 2. The van der Waals surface area contributed by atoms with Crippen LogP contribution in [0.5, 0.6) is 5.88 Å². The van der Waals surface area contributed by atoms with Gasteiger partial charge in [-0.1, -0.05) is 25.4 Å². The van der Waals surface area contributed by atoms with Gasteiger partial charge in [-0.05, 0) is 19.9 Å². The van der Waals surface area contributed by atoms with E-state index in [-0.39, 0.29) is 28.9 Å². The van der Waals surface area contributed by atoms with Gasteiger partial charge in [-0.25, -0.2) is 4.98 Å². The number of ether oxygens (including phenoxy) is 1. The van der Waals surface area contributed by atoms with Gasteiger partial charge in [0.15, 0.2) is 0 Å². The normalized spacial score (nSPS) is 11.0. The summed E-state index contributed by atoms with van der Waals surface area (Å²) < 4.78 is 5.42. The molecular formula is C14H18ClN5O2. The second-order valence-electron chi connectivity index (χ2n) is 5.33. The van der Waals surface area contributed by atoms with Gasteiger partial charge in [0.05, 0.1) is 11.7 Å². The Morgan fingerprint density at radius 2 is 2.09 bits per heavy atom. The summed E-state index contributed by atoms with van der Waals surface area (Å²) in [5, 5.41) is 9.57. The average molecular weight is 324 g/mol. The smallest absolute Gasteiger partial charge is 0.259 e. The average Bonchev–Trinajstić information content (AvgIpc) is 2.89. The number of carbonyl (C=O) groups is 1. The molecule has 0 saturated heterocycles. The maximum absolute atomic E-state index is 12.1. The van der Waals surface area contributed by atoms with E-state index in [0.29, 0.717) is 17.3 Å². The monoisotopic (exact) mass is 323 g/mol. The molecule has 0 aliphatic heterocycles. The van der Waals surface area contributed by atoms with Crippen molar-refractivity contribution in [3.8, 4) is 5.88 Å². The van der Waals surface area contributed by atoms with Crippen molar-refractivity contribution in [2.24, 2.45) is 0 Å². The molecule has 118 valence electrons. The molecule has 8 heteroatoms. The fourth-order valence-corrected chi connectivity index (χ4v) is 1.83. The Morgan fingerprint density at radius 1 is 1.36 bits per heavy atom. The van der Waals surface area contributed by atoms with Gasteiger partial charge in [0, 0.05) is 12.1 Å². The summed E-state index contributed by atoms with van der Waals surface area (Å²) in [5.41, 5.74) is 0.303. The largest absolute Gasteiger partial charge is 0.474 e. The number of H-pyrrole nitrogens is 1. The van der Waals surface area contributed by atoms with E-state index in [1.54, 1.807) is 0 Å². The Bertz CT molecular complexity index is 669. The van der Waals surface area contributed by atoms with Crippen LogP contribution in [0.1, 0.15) is 49.8 Å². The molecular weight excluding hydrogens is 306 g/mol. The summed E-state index contributed by atoms with van der Waals surface area (Å²) in [6.07, 6.45) is 1.35. The summed E-state index contributed by atoms with van der Waals surface area (Å²) in [6, 6.07) is 1.50. The Kier molecular flexibility index (Phi) is 4.97. The highest BCUT2D eigenvalue weighted by atomic mass is 35.5. The second-order valence-corrected chi connectivity index (χ2v) is 5.74. The summed E-state index contributed by atoms with van der Waals surface area (Å²) in [5.74, 6) is 1.02. The first-order valence-electron chi connectivity index (χ1n) is 6.92. The number of pyridine rings is 1. The number of aromatic nitrogens is 4. The molecule has 0 radical (unpaired) electrons. The molecule has 0 spiro atoms. The third-order valence-corrected chi connectivity index (χ3v) is 2.96. The van der Waals surface area contributed by atoms with Gasteiger partial charge in [0.1, 0.15) is 10.8 Å². The molecule has 0 aliphatic carbocycles. The fourth-order valence-electron chi connectivity index (χ4n) is 1.62. The molecule has 1 amide bonds. The predicted octanol–water partition coefficient (Wildman–Crippen LogP) is 3.02. The van der Waals surface area contributed by atoms with Crippen LogP contribution >= 0.6 is 11.6 Å². The van der Waals surface area contributed by atoms with Crippen molar-refractivity contribution >= 4 is 23.5 Å². The van der Waals surface area contributed by atoms with Crippen LogP contribution in [0.3, 0.4) is 0 Å². The Labute approximate surface area is 133 Å². The topological polar surface area (TPSA) is 92.8 Å². The van der Waals surface area contributed by atoms with E-state index in [4.69, 9.17) is 16.3 Å². The zero-order valence-corrected chi connectivity index (χ0v) is 13.6. The van der Waals surface area contributed by atoms with Crippen molar-refractivity contribution in [1.82, 2.24) is 20.2 Å². The van der Waals surface area contributed by atoms with E-state index in [2.05, 4.69) is 25.5 Å². The molecule has 2 heterocycles. The van der Waals surface area contributed by atoms with Crippen molar-refractivity contribution in [3.63, 3.8) is 0 Å². The van der Waals surface area contributed by atoms with E-state index in [9.17, 15) is 4.79 Å². The van der Waals surface area contributed by atoms with Crippen LogP contribution in [0.4, 0.5) is 5.95 Å². The van der Waals surface area contributed by atoms with Crippen LogP contribution < -0.4 is 10.1 Å². The lowest BCUT2D eigenvalue weighted by Crippen LogP contribution is -2.14. The van der Waals surface area contributed by atoms with E-state index in [0.717, 1.165) is 0 Å². The first-order chi connectivity index (χ1) is 10.4. The van der Waals surface area contributed by atoms with Crippen LogP contribution in [-0.4, -0.2) is 32.2 Å². The van der Waals surface area contributed by atoms with E-state index < -0.39 is 0 Å². The SMILES string of the molecule is CC(C)Oc1ncc(C(=O)Nc2n[nH]c(C(C)C)n2)cc1Cl. The lowest BCUT2D eigenvalue weighted by atomic mass is 10.2. The molecule has 0 aliphatic rings. The number of anilines is 1. The summed E-state index contributed by atoms with van der Waals surface area (Å²) in [4.78, 5) is 20.4. The first kappa shape index (κ1) is 16.2. The van der Waals surface area contributed by atoms with Crippen molar-refractivity contribution in [1.29, 1.82) is 0 Å². The third kappa shape index (κ3) is 3.94. The molecule has 2 N–H and O–H groups in total. The molecule has 0 unspecified atom stereocenters. The first-order valence-corrected chi connectivity index (χ1v) is 7.30. The van der Waals surface area contributed by atoms with Gasteiger partial charge >= 0.3 is 0 Å². The molecule has 7 nitrogen and oxygen atoms in total. The van der Waals surface area contributed by atoms with E-state index in [1.165, 1.54) is 12.3 Å². The molecule has 0 atom stereocenters. The molecule has 2 aromatic heterocycles. The van der Waals surface area contributed by atoms with Crippen molar-refractivity contribution < 1.29 is 9.53 Å². The minimum Gasteiger partial charge on any atom is -0.474 e. The maximum atomic E-state index is 12.1. The fraction of sp³-hybridized carbons (Fsp3) is 0.429. The number of hydrogen-bond acceptors (Lipinski definition) is 5. The number of carbonyl (C=O) groups excluding carboxylic acids is 1. The molecule has 0 saturated carbocycles.